The molecule has 1 aromatic carbocycles. The smallest absolute Gasteiger partial charge is 0.176 e. The topological polar surface area (TPSA) is 67.8 Å². The molecule has 5 heteroatoms. The maximum atomic E-state index is 12.2. The second-order valence-electron chi connectivity index (χ2n) is 5.73. The lowest BCUT2D eigenvalue weighted by molar-refractivity contribution is -0.242. The summed E-state index contributed by atoms with van der Waals surface area (Å²) in [4.78, 5) is 12.2. The monoisotopic (exact) mass is 307 g/mol. The van der Waals surface area contributed by atoms with E-state index < -0.39 is 12.4 Å². The van der Waals surface area contributed by atoms with E-state index in [9.17, 15) is 9.90 Å². The van der Waals surface area contributed by atoms with Crippen molar-refractivity contribution in [3.8, 4) is 0 Å². The predicted molar refractivity (Wildman–Crippen MR) is 83.7 cm³/mol. The quantitative estimate of drug-likeness (QED) is 0.782. The molecule has 0 amide bonds. The average molecular weight is 307 g/mol. The normalized spacial score (nSPS) is 31.9. The molecule has 1 aliphatic heterocycles. The zero-order valence-corrected chi connectivity index (χ0v) is 13.4. The van der Waals surface area contributed by atoms with Crippen molar-refractivity contribution >= 4 is 5.78 Å². The van der Waals surface area contributed by atoms with Gasteiger partial charge in [-0.3, -0.25) is 4.79 Å². The van der Waals surface area contributed by atoms with Gasteiger partial charge in [-0.1, -0.05) is 44.2 Å². The van der Waals surface area contributed by atoms with Gasteiger partial charge in [0.25, 0.3) is 0 Å². The van der Waals surface area contributed by atoms with Crippen molar-refractivity contribution in [1.29, 1.82) is 0 Å². The SMILES string of the molecule is CCC1O[C@H](OC)C(NCC(=O)c2ccccc2)[C@@H](C)[C@@H]1O. The number of methoxy groups -OCH3 is 1. The van der Waals surface area contributed by atoms with Gasteiger partial charge in [0, 0.05) is 18.6 Å². The van der Waals surface area contributed by atoms with Crippen molar-refractivity contribution < 1.29 is 19.4 Å². The predicted octanol–water partition coefficient (Wildman–Crippen LogP) is 1.61. The summed E-state index contributed by atoms with van der Waals surface area (Å²) in [5.41, 5.74) is 0.667. The highest BCUT2D eigenvalue weighted by Gasteiger charge is 2.42. The fourth-order valence-corrected chi connectivity index (χ4v) is 2.89. The summed E-state index contributed by atoms with van der Waals surface area (Å²) in [6.07, 6.45) is -0.545. The van der Waals surface area contributed by atoms with Crippen LogP contribution in [0.25, 0.3) is 0 Å². The van der Waals surface area contributed by atoms with Gasteiger partial charge in [0.2, 0.25) is 0 Å². The number of hydrogen-bond acceptors (Lipinski definition) is 5. The van der Waals surface area contributed by atoms with Gasteiger partial charge in [-0.05, 0) is 6.42 Å². The van der Waals surface area contributed by atoms with Gasteiger partial charge in [-0.25, -0.2) is 0 Å². The van der Waals surface area contributed by atoms with Crippen LogP contribution in [-0.4, -0.2) is 49.1 Å². The lowest BCUT2D eigenvalue weighted by atomic mass is 9.87. The average Bonchev–Trinajstić information content (AvgIpc) is 2.56. The van der Waals surface area contributed by atoms with Crippen molar-refractivity contribution in [1.82, 2.24) is 5.32 Å². The Balaban J connectivity index is 1.99. The van der Waals surface area contributed by atoms with E-state index in [0.717, 1.165) is 6.42 Å². The molecule has 0 aliphatic carbocycles. The first-order chi connectivity index (χ1) is 10.6. The zero-order valence-electron chi connectivity index (χ0n) is 13.4. The minimum Gasteiger partial charge on any atom is -0.390 e. The number of carbonyl (C=O) groups is 1. The van der Waals surface area contributed by atoms with E-state index in [2.05, 4.69) is 5.32 Å². The Bertz CT molecular complexity index is 477. The van der Waals surface area contributed by atoms with E-state index in [-0.39, 0.29) is 30.4 Å². The van der Waals surface area contributed by atoms with Gasteiger partial charge in [0.05, 0.1) is 24.8 Å². The highest BCUT2D eigenvalue weighted by atomic mass is 16.7. The van der Waals surface area contributed by atoms with Crippen LogP contribution in [0.4, 0.5) is 0 Å². The molecule has 0 aromatic heterocycles. The molecule has 0 saturated carbocycles. The molecular weight excluding hydrogens is 282 g/mol. The molecule has 0 radical (unpaired) electrons. The van der Waals surface area contributed by atoms with E-state index >= 15 is 0 Å². The molecular formula is C17H25NO4. The molecule has 0 bridgehead atoms. The first kappa shape index (κ1) is 17.1. The summed E-state index contributed by atoms with van der Waals surface area (Å²) in [5, 5.41) is 13.5. The van der Waals surface area contributed by atoms with E-state index in [0.29, 0.717) is 5.56 Å². The van der Waals surface area contributed by atoms with Crippen LogP contribution >= 0.6 is 0 Å². The summed E-state index contributed by atoms with van der Waals surface area (Å²) in [5.74, 6) is -0.0537. The van der Waals surface area contributed by atoms with Crippen LogP contribution < -0.4 is 5.32 Å². The fourth-order valence-electron chi connectivity index (χ4n) is 2.89. The Labute approximate surface area is 131 Å². The van der Waals surface area contributed by atoms with Gasteiger partial charge in [-0.15, -0.1) is 0 Å². The Morgan fingerprint density at radius 3 is 2.64 bits per heavy atom. The molecule has 5 nitrogen and oxygen atoms in total. The molecule has 1 saturated heterocycles. The molecule has 2 unspecified atom stereocenters. The summed E-state index contributed by atoms with van der Waals surface area (Å²) in [7, 11) is 1.58. The van der Waals surface area contributed by atoms with Gasteiger partial charge in [-0.2, -0.15) is 0 Å². The second-order valence-corrected chi connectivity index (χ2v) is 5.73. The first-order valence-corrected chi connectivity index (χ1v) is 7.76. The number of hydrogen-bond donors (Lipinski definition) is 2. The van der Waals surface area contributed by atoms with Gasteiger partial charge in [0.15, 0.2) is 12.1 Å². The number of ether oxygens (including phenoxy) is 2. The summed E-state index contributed by atoms with van der Waals surface area (Å²) < 4.78 is 11.2. The van der Waals surface area contributed by atoms with E-state index in [4.69, 9.17) is 9.47 Å². The number of ketones is 1. The standard InChI is InChI=1S/C17H25NO4/c1-4-14-16(20)11(2)15(17(21-3)22-14)18-10-13(19)12-8-6-5-7-9-12/h5-9,11,14-18,20H,4,10H2,1-3H3/t11-,14?,15?,16+,17+/m1/s1. The Morgan fingerprint density at radius 2 is 2.05 bits per heavy atom. The number of nitrogens with one attached hydrogen (secondary N) is 1. The van der Waals surface area contributed by atoms with Crippen molar-refractivity contribution in [2.24, 2.45) is 5.92 Å². The van der Waals surface area contributed by atoms with Crippen LogP contribution in [0.5, 0.6) is 0 Å². The number of benzene rings is 1. The van der Waals surface area contributed by atoms with E-state index in [1.165, 1.54) is 0 Å². The maximum absolute atomic E-state index is 12.2. The lowest BCUT2D eigenvalue weighted by Crippen LogP contribution is -2.59. The molecule has 1 aliphatic rings. The lowest BCUT2D eigenvalue weighted by Gasteiger charge is -2.43. The van der Waals surface area contributed by atoms with Crippen molar-refractivity contribution in [3.63, 3.8) is 0 Å². The molecule has 1 aromatic rings. The van der Waals surface area contributed by atoms with Crippen LogP contribution in [0.15, 0.2) is 30.3 Å². The van der Waals surface area contributed by atoms with E-state index in [1.54, 1.807) is 19.2 Å². The van der Waals surface area contributed by atoms with Crippen LogP contribution in [0.2, 0.25) is 0 Å². The molecule has 1 fully saturated rings. The largest absolute Gasteiger partial charge is 0.390 e. The number of carbonyl (C=O) groups excluding carboxylic acids is 1. The summed E-state index contributed by atoms with van der Waals surface area (Å²) >= 11 is 0. The molecule has 2 rings (SSSR count). The van der Waals surface area contributed by atoms with Gasteiger partial charge < -0.3 is 19.9 Å². The zero-order chi connectivity index (χ0) is 16.1. The van der Waals surface area contributed by atoms with Crippen LogP contribution in [0.1, 0.15) is 30.6 Å². The second kappa shape index (κ2) is 7.83. The molecule has 2 N–H and O–H groups in total. The van der Waals surface area contributed by atoms with Crippen molar-refractivity contribution in [2.45, 2.75) is 44.8 Å². The van der Waals surface area contributed by atoms with Crippen LogP contribution in [0.3, 0.4) is 0 Å². The molecule has 22 heavy (non-hydrogen) atoms. The highest BCUT2D eigenvalue weighted by molar-refractivity contribution is 5.97. The van der Waals surface area contributed by atoms with Gasteiger partial charge in [0.1, 0.15) is 0 Å². The van der Waals surface area contributed by atoms with Crippen LogP contribution in [-0.2, 0) is 9.47 Å². The molecule has 5 atom stereocenters. The Hall–Kier alpha value is -1.27. The first-order valence-electron chi connectivity index (χ1n) is 7.76. The van der Waals surface area contributed by atoms with Crippen molar-refractivity contribution in [3.05, 3.63) is 35.9 Å². The molecule has 0 spiro atoms. The minimum atomic E-state index is -0.569. The Morgan fingerprint density at radius 1 is 1.36 bits per heavy atom. The molecule has 122 valence electrons. The maximum Gasteiger partial charge on any atom is 0.176 e. The minimum absolute atomic E-state index is 0.00904. The highest BCUT2D eigenvalue weighted by Crippen LogP contribution is 2.27. The van der Waals surface area contributed by atoms with Gasteiger partial charge >= 0.3 is 0 Å². The number of Topliss-reactive ketones (excluding diaryl/α,β-unsaturated/α-hetero) is 1. The molecule has 1 heterocycles. The third-order valence-corrected chi connectivity index (χ3v) is 4.32. The summed E-state index contributed by atoms with van der Waals surface area (Å²) in [6, 6.07) is 8.92. The number of aliphatic hydroxyl groups excluding tert-OH is 1. The Kier molecular flexibility index (Phi) is 6.08. The summed E-state index contributed by atoms with van der Waals surface area (Å²) in [6.45, 7) is 4.11. The third kappa shape index (κ3) is 3.73. The number of rotatable bonds is 6. The third-order valence-electron chi connectivity index (χ3n) is 4.32. The van der Waals surface area contributed by atoms with Crippen LogP contribution in [0, 0.1) is 5.92 Å². The number of aliphatic hydroxyl groups is 1. The fraction of sp³-hybridized carbons (Fsp3) is 0.588. The van der Waals surface area contributed by atoms with E-state index in [1.807, 2.05) is 32.0 Å². The van der Waals surface area contributed by atoms with Crippen molar-refractivity contribution in [2.75, 3.05) is 13.7 Å².